The second kappa shape index (κ2) is 6.27. The van der Waals surface area contributed by atoms with E-state index in [1.807, 2.05) is 13.8 Å². The topological polar surface area (TPSA) is 84.2 Å². The second-order valence-corrected chi connectivity index (χ2v) is 6.35. The molecule has 0 aliphatic heterocycles. The highest BCUT2D eigenvalue weighted by Gasteiger charge is 2.13. The van der Waals surface area contributed by atoms with Crippen LogP contribution in [0.15, 0.2) is 18.2 Å². The van der Waals surface area contributed by atoms with E-state index in [9.17, 15) is 12.8 Å². The van der Waals surface area contributed by atoms with E-state index >= 15 is 0 Å². The van der Waals surface area contributed by atoms with E-state index in [4.69, 9.17) is 18.0 Å². The van der Waals surface area contributed by atoms with Gasteiger partial charge in [-0.05, 0) is 24.1 Å². The van der Waals surface area contributed by atoms with E-state index in [0.29, 0.717) is 5.56 Å². The van der Waals surface area contributed by atoms with Crippen LogP contribution in [0.2, 0.25) is 0 Å². The highest BCUT2D eigenvalue weighted by molar-refractivity contribution is 7.90. The van der Waals surface area contributed by atoms with Crippen molar-refractivity contribution in [2.45, 2.75) is 13.8 Å². The summed E-state index contributed by atoms with van der Waals surface area (Å²) < 4.78 is 41.4. The Morgan fingerprint density at radius 3 is 2.58 bits per heavy atom. The Bertz CT molecular complexity index is 573. The van der Waals surface area contributed by atoms with Gasteiger partial charge >= 0.3 is 0 Å². The van der Waals surface area contributed by atoms with E-state index in [-0.39, 0.29) is 23.1 Å². The Balaban J connectivity index is 2.85. The van der Waals surface area contributed by atoms with Crippen molar-refractivity contribution in [3.05, 3.63) is 29.6 Å². The van der Waals surface area contributed by atoms with Crippen LogP contribution in [0.5, 0.6) is 0 Å². The molecule has 4 N–H and O–H groups in total. The van der Waals surface area contributed by atoms with Gasteiger partial charge in [0, 0.05) is 12.1 Å². The fourth-order valence-electron chi connectivity index (χ4n) is 1.21. The van der Waals surface area contributed by atoms with E-state index in [1.54, 1.807) is 0 Å². The van der Waals surface area contributed by atoms with Gasteiger partial charge in [0.1, 0.15) is 10.8 Å². The summed E-state index contributed by atoms with van der Waals surface area (Å²) in [5.41, 5.74) is 5.54. The molecule has 19 heavy (non-hydrogen) atoms. The molecule has 8 heteroatoms. The predicted octanol–water partition coefficient (Wildman–Crippen LogP) is 1.36. The van der Waals surface area contributed by atoms with Gasteiger partial charge < -0.3 is 5.73 Å². The summed E-state index contributed by atoms with van der Waals surface area (Å²) in [6.07, 6.45) is 0. The summed E-state index contributed by atoms with van der Waals surface area (Å²) in [7, 11) is -3.79. The largest absolute Gasteiger partial charge is 0.389 e. The number of thiocarbonyl (C=S) groups is 1. The molecule has 0 aromatic heterocycles. The average Bonchev–Trinajstić information content (AvgIpc) is 2.29. The molecule has 0 bridgehead atoms. The quantitative estimate of drug-likeness (QED) is 0.693. The maximum atomic E-state index is 13.7. The number of rotatable bonds is 6. The van der Waals surface area contributed by atoms with Crippen LogP contribution in [-0.4, -0.2) is 20.0 Å². The van der Waals surface area contributed by atoms with E-state index in [0.717, 1.165) is 6.07 Å². The molecule has 5 nitrogen and oxygen atoms in total. The molecular formula is C11H16FN3O2S2. The van der Waals surface area contributed by atoms with Crippen LogP contribution >= 0.6 is 12.2 Å². The standard InChI is InChI=1S/C11H16FN3O2S2/c1-7(2)6-14-19(16,17)15-10-4-3-8(11(13)18)5-9(10)12/h3-5,7,14-15H,6H2,1-2H3,(H2,13,18). The number of halogens is 1. The van der Waals surface area contributed by atoms with Gasteiger partial charge in [0.2, 0.25) is 0 Å². The molecule has 1 rings (SSSR count). The smallest absolute Gasteiger partial charge is 0.299 e. The zero-order valence-corrected chi connectivity index (χ0v) is 12.2. The van der Waals surface area contributed by atoms with Gasteiger partial charge in [0.15, 0.2) is 0 Å². The zero-order valence-electron chi connectivity index (χ0n) is 10.6. The molecule has 0 heterocycles. The first-order valence-electron chi connectivity index (χ1n) is 5.58. The maximum absolute atomic E-state index is 13.7. The van der Waals surface area contributed by atoms with Crippen LogP contribution in [-0.2, 0) is 10.2 Å². The fourth-order valence-corrected chi connectivity index (χ4v) is 2.42. The normalized spacial score (nSPS) is 11.6. The average molecular weight is 305 g/mol. The van der Waals surface area contributed by atoms with Crippen LogP contribution in [0.1, 0.15) is 19.4 Å². The van der Waals surface area contributed by atoms with Gasteiger partial charge in [0.05, 0.1) is 5.69 Å². The van der Waals surface area contributed by atoms with Gasteiger partial charge in [-0.1, -0.05) is 26.1 Å². The van der Waals surface area contributed by atoms with Crippen LogP contribution in [0.4, 0.5) is 10.1 Å². The molecule has 0 saturated carbocycles. The van der Waals surface area contributed by atoms with Crippen LogP contribution in [0.3, 0.4) is 0 Å². The van der Waals surface area contributed by atoms with Gasteiger partial charge in [-0.3, -0.25) is 4.72 Å². The molecule has 0 spiro atoms. The molecule has 0 fully saturated rings. The van der Waals surface area contributed by atoms with Crippen molar-refractivity contribution in [2.24, 2.45) is 11.7 Å². The molecule has 106 valence electrons. The monoisotopic (exact) mass is 305 g/mol. The third kappa shape index (κ3) is 5.09. The number of anilines is 1. The van der Waals surface area contributed by atoms with Crippen molar-refractivity contribution in [1.82, 2.24) is 4.72 Å². The summed E-state index contributed by atoms with van der Waals surface area (Å²) in [5, 5.41) is 0. The second-order valence-electron chi connectivity index (χ2n) is 4.41. The summed E-state index contributed by atoms with van der Waals surface area (Å²) >= 11 is 4.71. The van der Waals surface area contributed by atoms with Crippen molar-refractivity contribution in [1.29, 1.82) is 0 Å². The minimum atomic E-state index is -3.79. The lowest BCUT2D eigenvalue weighted by molar-refractivity contribution is 0.563. The molecule has 0 unspecified atom stereocenters. The lowest BCUT2D eigenvalue weighted by Crippen LogP contribution is -2.33. The number of nitrogens with one attached hydrogen (secondary N) is 2. The van der Waals surface area contributed by atoms with Gasteiger partial charge in [-0.2, -0.15) is 13.1 Å². The zero-order chi connectivity index (χ0) is 14.6. The van der Waals surface area contributed by atoms with Crippen molar-refractivity contribution >= 4 is 33.1 Å². The lowest BCUT2D eigenvalue weighted by atomic mass is 10.2. The number of nitrogens with two attached hydrogens (primary N) is 1. The van der Waals surface area contributed by atoms with Crippen molar-refractivity contribution < 1.29 is 12.8 Å². The third-order valence-electron chi connectivity index (χ3n) is 2.18. The summed E-state index contributed by atoms with van der Waals surface area (Å²) in [6.45, 7) is 3.99. The Morgan fingerprint density at radius 1 is 1.47 bits per heavy atom. The van der Waals surface area contributed by atoms with Crippen LogP contribution in [0, 0.1) is 11.7 Å². The van der Waals surface area contributed by atoms with E-state index < -0.39 is 16.0 Å². The molecule has 0 radical (unpaired) electrons. The van der Waals surface area contributed by atoms with Crippen LogP contribution in [0.25, 0.3) is 0 Å². The van der Waals surface area contributed by atoms with Gasteiger partial charge in [0.25, 0.3) is 10.2 Å². The van der Waals surface area contributed by atoms with Gasteiger partial charge in [-0.15, -0.1) is 0 Å². The highest BCUT2D eigenvalue weighted by Crippen LogP contribution is 2.16. The fraction of sp³-hybridized carbons (Fsp3) is 0.364. The minimum absolute atomic E-state index is 0.0474. The van der Waals surface area contributed by atoms with E-state index in [1.165, 1.54) is 12.1 Å². The van der Waals surface area contributed by atoms with E-state index in [2.05, 4.69) is 9.44 Å². The molecule has 0 amide bonds. The highest BCUT2D eigenvalue weighted by atomic mass is 32.2. The Labute approximate surface area is 117 Å². The van der Waals surface area contributed by atoms with Crippen molar-refractivity contribution in [3.63, 3.8) is 0 Å². The maximum Gasteiger partial charge on any atom is 0.299 e. The number of benzene rings is 1. The van der Waals surface area contributed by atoms with Crippen molar-refractivity contribution in [3.8, 4) is 0 Å². The molecule has 1 aromatic rings. The summed E-state index contributed by atoms with van der Waals surface area (Å²) in [6, 6.07) is 3.81. The summed E-state index contributed by atoms with van der Waals surface area (Å²) in [4.78, 5) is 0.0474. The Hall–Kier alpha value is -1.25. The Kier molecular flexibility index (Phi) is 5.21. The minimum Gasteiger partial charge on any atom is -0.389 e. The molecule has 1 aromatic carbocycles. The predicted molar refractivity (Wildman–Crippen MR) is 77.7 cm³/mol. The molecular weight excluding hydrogens is 289 g/mol. The van der Waals surface area contributed by atoms with Crippen molar-refractivity contribution in [2.75, 3.05) is 11.3 Å². The lowest BCUT2D eigenvalue weighted by Gasteiger charge is -2.12. The van der Waals surface area contributed by atoms with Crippen LogP contribution < -0.4 is 15.2 Å². The number of hydrogen-bond acceptors (Lipinski definition) is 3. The summed E-state index contributed by atoms with van der Waals surface area (Å²) in [5.74, 6) is -0.585. The molecule has 0 saturated heterocycles. The number of hydrogen-bond donors (Lipinski definition) is 3. The van der Waals surface area contributed by atoms with Gasteiger partial charge in [-0.25, -0.2) is 4.39 Å². The third-order valence-corrected chi connectivity index (χ3v) is 3.45. The first-order chi connectivity index (χ1) is 8.71. The molecule has 0 aliphatic carbocycles. The SMILES string of the molecule is CC(C)CNS(=O)(=O)Nc1ccc(C(N)=S)cc1F. The first-order valence-corrected chi connectivity index (χ1v) is 7.47. The molecule has 0 aliphatic rings. The first kappa shape index (κ1) is 15.8. The Morgan fingerprint density at radius 2 is 2.11 bits per heavy atom. The molecule has 0 atom stereocenters.